The van der Waals surface area contributed by atoms with E-state index in [1.807, 2.05) is 12.1 Å². The van der Waals surface area contributed by atoms with Crippen LogP contribution in [0.3, 0.4) is 0 Å². The van der Waals surface area contributed by atoms with E-state index in [-0.39, 0.29) is 11.8 Å². The fourth-order valence-corrected chi connectivity index (χ4v) is 4.61. The Morgan fingerprint density at radius 3 is 2.03 bits per heavy atom. The summed E-state index contributed by atoms with van der Waals surface area (Å²) in [6.07, 6.45) is 0. The predicted molar refractivity (Wildman–Crippen MR) is 116 cm³/mol. The number of rotatable bonds is 3. The molecular weight excluding hydrogens is 407 g/mol. The third-order valence-electron chi connectivity index (χ3n) is 5.42. The Hall–Kier alpha value is -2.66. The molecule has 4 aromatic rings. The van der Waals surface area contributed by atoms with Crippen molar-refractivity contribution in [3.05, 3.63) is 87.4 Å². The van der Waals surface area contributed by atoms with Gasteiger partial charge >= 0.3 is 0 Å². The van der Waals surface area contributed by atoms with Crippen molar-refractivity contribution in [1.29, 1.82) is 0 Å². The van der Waals surface area contributed by atoms with Crippen molar-refractivity contribution in [3.63, 3.8) is 0 Å². The minimum Gasteiger partial charge on any atom is -0.494 e. The van der Waals surface area contributed by atoms with E-state index in [4.69, 9.17) is 23.2 Å². The van der Waals surface area contributed by atoms with Crippen LogP contribution in [0.15, 0.2) is 60.7 Å². The predicted octanol–water partition coefficient (Wildman–Crippen LogP) is 5.86. The van der Waals surface area contributed by atoms with Gasteiger partial charge in [-0.25, -0.2) is 0 Å². The first kappa shape index (κ1) is 18.4. The summed E-state index contributed by atoms with van der Waals surface area (Å²) in [6.45, 7) is 1.85. The first-order valence-corrected chi connectivity index (χ1v) is 10.1. The lowest BCUT2D eigenvalue weighted by atomic mass is 10.1. The molecule has 0 fully saturated rings. The molecule has 0 saturated carbocycles. The molecule has 0 unspecified atom stereocenters. The van der Waals surface area contributed by atoms with E-state index in [0.717, 1.165) is 17.7 Å². The average Bonchev–Trinajstić information content (AvgIpc) is 3.19. The Labute approximate surface area is 178 Å². The van der Waals surface area contributed by atoms with E-state index in [9.17, 15) is 10.2 Å². The molecule has 29 heavy (non-hydrogen) atoms. The van der Waals surface area contributed by atoms with E-state index in [1.165, 1.54) is 20.9 Å². The van der Waals surface area contributed by atoms with Gasteiger partial charge in [-0.05, 0) is 40.6 Å². The zero-order chi connectivity index (χ0) is 20.1. The summed E-state index contributed by atoms with van der Waals surface area (Å²) in [4.78, 5) is 2.20. The molecule has 1 aliphatic heterocycles. The lowest BCUT2D eigenvalue weighted by Crippen LogP contribution is -2.16. The Balaban J connectivity index is 1.43. The summed E-state index contributed by atoms with van der Waals surface area (Å²) in [5, 5.41) is 24.9. The smallest absolute Gasteiger partial charge is 0.203 e. The van der Waals surface area contributed by atoms with Crippen LogP contribution in [0.2, 0.25) is 10.0 Å². The topological polar surface area (TPSA) is 48.6 Å². The second-order valence-electron chi connectivity index (χ2n) is 7.39. The van der Waals surface area contributed by atoms with Gasteiger partial charge in [0, 0.05) is 40.8 Å². The van der Waals surface area contributed by atoms with Gasteiger partial charge in [0.15, 0.2) is 0 Å². The van der Waals surface area contributed by atoms with Gasteiger partial charge in [0.2, 0.25) is 11.8 Å². The summed E-state index contributed by atoms with van der Waals surface area (Å²) in [5.41, 5.74) is 3.20. The van der Waals surface area contributed by atoms with Crippen molar-refractivity contribution >= 4 is 34.0 Å². The summed E-state index contributed by atoms with van der Waals surface area (Å²) in [7, 11) is 0. The van der Waals surface area contributed by atoms with Gasteiger partial charge in [-0.1, -0.05) is 59.6 Å². The molecule has 2 N–H and O–H groups in total. The number of benzene rings is 3. The fraction of sp³-hybridized carbons (Fsp3) is 0.130. The SMILES string of the molecule is Oc1c2c(c(O)n1-c1cc(Cl)cc(Cl)c1)CN(Cc1ccc3ccccc3c1)C2. The molecule has 0 atom stereocenters. The lowest BCUT2D eigenvalue weighted by Gasteiger charge is -2.17. The maximum absolute atomic E-state index is 10.8. The molecule has 0 amide bonds. The molecule has 0 radical (unpaired) electrons. The number of halogens is 2. The highest BCUT2D eigenvalue weighted by molar-refractivity contribution is 6.34. The molecule has 0 spiro atoms. The number of aromatic hydroxyl groups is 2. The van der Waals surface area contributed by atoms with E-state index < -0.39 is 0 Å². The number of nitrogens with zero attached hydrogens (tertiary/aromatic N) is 2. The van der Waals surface area contributed by atoms with Crippen LogP contribution in [0.25, 0.3) is 16.5 Å². The van der Waals surface area contributed by atoms with Crippen LogP contribution in [0.4, 0.5) is 0 Å². The molecule has 2 heterocycles. The quantitative estimate of drug-likeness (QED) is 0.432. The van der Waals surface area contributed by atoms with Gasteiger partial charge in [-0.3, -0.25) is 9.47 Å². The summed E-state index contributed by atoms with van der Waals surface area (Å²) >= 11 is 12.2. The maximum Gasteiger partial charge on any atom is 0.203 e. The van der Waals surface area contributed by atoms with Gasteiger partial charge in [-0.15, -0.1) is 0 Å². The first-order chi connectivity index (χ1) is 14.0. The van der Waals surface area contributed by atoms with Crippen LogP contribution in [0, 0.1) is 0 Å². The van der Waals surface area contributed by atoms with Crippen molar-refractivity contribution in [2.45, 2.75) is 19.6 Å². The van der Waals surface area contributed by atoms with Crippen LogP contribution in [-0.2, 0) is 19.6 Å². The molecule has 6 heteroatoms. The standard InChI is InChI=1S/C23H18Cl2N2O2/c24-17-8-18(25)10-19(9-17)27-22(28)20-12-26(13-21(20)23(27)29)11-14-5-6-15-3-1-2-4-16(15)7-14/h1-10,28-29H,11-13H2. The highest BCUT2D eigenvalue weighted by Crippen LogP contribution is 2.43. The maximum atomic E-state index is 10.8. The van der Waals surface area contributed by atoms with Crippen LogP contribution < -0.4 is 0 Å². The Morgan fingerprint density at radius 1 is 0.759 bits per heavy atom. The summed E-state index contributed by atoms with van der Waals surface area (Å²) in [5.74, 6) is 0.0497. The lowest BCUT2D eigenvalue weighted by molar-refractivity contribution is 0.266. The number of aromatic nitrogens is 1. The van der Waals surface area contributed by atoms with Gasteiger partial charge in [0.25, 0.3) is 0 Å². The molecule has 5 rings (SSSR count). The van der Waals surface area contributed by atoms with Crippen LogP contribution in [-0.4, -0.2) is 19.7 Å². The molecule has 0 aliphatic carbocycles. The second kappa shape index (κ2) is 6.99. The van der Waals surface area contributed by atoms with Crippen LogP contribution in [0.1, 0.15) is 16.7 Å². The third-order valence-corrected chi connectivity index (χ3v) is 5.85. The Bertz CT molecular complexity index is 1200. The highest BCUT2D eigenvalue weighted by Gasteiger charge is 2.31. The van der Waals surface area contributed by atoms with Crippen molar-refractivity contribution < 1.29 is 10.2 Å². The minimum atomic E-state index is 0.0249. The molecule has 0 saturated heterocycles. The normalized spacial score (nSPS) is 13.9. The second-order valence-corrected chi connectivity index (χ2v) is 8.27. The zero-order valence-electron chi connectivity index (χ0n) is 15.4. The molecule has 4 nitrogen and oxygen atoms in total. The van der Waals surface area contributed by atoms with Crippen molar-refractivity contribution in [2.24, 2.45) is 0 Å². The van der Waals surface area contributed by atoms with E-state index in [0.29, 0.717) is 28.8 Å². The van der Waals surface area contributed by atoms with E-state index in [1.54, 1.807) is 18.2 Å². The monoisotopic (exact) mass is 424 g/mol. The van der Waals surface area contributed by atoms with Crippen LogP contribution in [0.5, 0.6) is 11.8 Å². The third kappa shape index (κ3) is 3.23. The van der Waals surface area contributed by atoms with Gasteiger partial charge in [0.05, 0.1) is 5.69 Å². The minimum absolute atomic E-state index is 0.0249. The first-order valence-electron chi connectivity index (χ1n) is 9.30. The van der Waals surface area contributed by atoms with Crippen molar-refractivity contribution in [1.82, 2.24) is 9.47 Å². The zero-order valence-corrected chi connectivity index (χ0v) is 17.0. The Kier molecular flexibility index (Phi) is 4.43. The van der Waals surface area contributed by atoms with Crippen molar-refractivity contribution in [2.75, 3.05) is 0 Å². The molecule has 3 aromatic carbocycles. The molecule has 1 aromatic heterocycles. The number of hydrogen-bond donors (Lipinski definition) is 2. The van der Waals surface area contributed by atoms with Gasteiger partial charge in [0.1, 0.15) is 0 Å². The Morgan fingerprint density at radius 2 is 1.38 bits per heavy atom. The highest BCUT2D eigenvalue weighted by atomic mass is 35.5. The molecule has 146 valence electrons. The molecular formula is C23H18Cl2N2O2. The summed E-state index contributed by atoms with van der Waals surface area (Å²) in [6, 6.07) is 19.6. The van der Waals surface area contributed by atoms with Crippen molar-refractivity contribution in [3.8, 4) is 17.4 Å². The largest absolute Gasteiger partial charge is 0.494 e. The molecule has 0 bridgehead atoms. The summed E-state index contributed by atoms with van der Waals surface area (Å²) < 4.78 is 1.40. The van der Waals surface area contributed by atoms with Gasteiger partial charge in [-0.2, -0.15) is 0 Å². The van der Waals surface area contributed by atoms with Gasteiger partial charge < -0.3 is 10.2 Å². The van der Waals surface area contributed by atoms with E-state index in [2.05, 4.69) is 35.2 Å². The molecule has 1 aliphatic rings. The average molecular weight is 425 g/mol. The number of fused-ring (bicyclic) bond motifs is 2. The fourth-order valence-electron chi connectivity index (χ4n) is 4.10. The van der Waals surface area contributed by atoms with Crippen LogP contribution >= 0.6 is 23.2 Å². The van der Waals surface area contributed by atoms with E-state index >= 15 is 0 Å². The number of hydrogen-bond acceptors (Lipinski definition) is 3.